The molecule has 0 aliphatic heterocycles. The Morgan fingerprint density at radius 2 is 0.644 bits per heavy atom. The minimum Gasteiger partial charge on any atom is -0.457 e. The molecule has 0 aliphatic carbocycles. The number of nitrogens with zero attached hydrogens (tertiary/aromatic N) is 7. The number of fused-ring (bicyclic) bond motifs is 9. The van der Waals surface area contributed by atoms with E-state index < -0.39 is 0 Å². The van der Waals surface area contributed by atoms with Gasteiger partial charge in [-0.05, 0) is 91.0 Å². The standard InChI is InChI=1S/C50H31N7O2/c1-3-12-42-36(10-1)38-20-16-32(28-44(38)55(42)48-14-5-7-24-51-48)58-34-18-22-40-41-23-19-35(31-47(41)57(46(40)30-34)50-53-26-9-27-54-50)59-33-17-21-39-37-11-2-4-13-43(37)56(45(39)29-33)49-15-6-8-25-52-49/h1-31H. The highest BCUT2D eigenvalue weighted by molar-refractivity contribution is 6.11. The molecule has 0 atom stereocenters. The van der Waals surface area contributed by atoms with Crippen LogP contribution in [-0.4, -0.2) is 33.6 Å². The van der Waals surface area contributed by atoms with E-state index in [0.717, 1.165) is 77.1 Å². The van der Waals surface area contributed by atoms with E-state index in [1.54, 1.807) is 12.4 Å². The summed E-state index contributed by atoms with van der Waals surface area (Å²) in [5.41, 5.74) is 6.02. The minimum atomic E-state index is 0.546. The summed E-state index contributed by atoms with van der Waals surface area (Å²) in [6.07, 6.45) is 7.15. The Morgan fingerprint density at radius 3 is 1.05 bits per heavy atom. The molecule has 0 saturated carbocycles. The first-order valence-electron chi connectivity index (χ1n) is 19.4. The first-order valence-corrected chi connectivity index (χ1v) is 19.4. The number of para-hydroxylation sites is 2. The zero-order valence-corrected chi connectivity index (χ0v) is 31.3. The van der Waals surface area contributed by atoms with Gasteiger partial charge in [0.1, 0.15) is 34.6 Å². The highest BCUT2D eigenvalue weighted by atomic mass is 16.5. The van der Waals surface area contributed by atoms with Gasteiger partial charge in [-0.3, -0.25) is 13.7 Å². The predicted molar refractivity (Wildman–Crippen MR) is 234 cm³/mol. The second-order valence-corrected chi connectivity index (χ2v) is 14.4. The van der Waals surface area contributed by atoms with Crippen molar-refractivity contribution in [2.75, 3.05) is 0 Å². The van der Waals surface area contributed by atoms with E-state index in [9.17, 15) is 0 Å². The fourth-order valence-electron chi connectivity index (χ4n) is 8.49. The van der Waals surface area contributed by atoms with Gasteiger partial charge in [0.2, 0.25) is 5.95 Å². The number of benzene rings is 6. The molecule has 0 spiro atoms. The predicted octanol–water partition coefficient (Wildman–Crippen LogP) is 12.1. The Kier molecular flexibility index (Phi) is 7.33. The van der Waals surface area contributed by atoms with Gasteiger partial charge in [-0.1, -0.05) is 48.5 Å². The fraction of sp³-hybridized carbons (Fsp3) is 0. The van der Waals surface area contributed by atoms with Crippen LogP contribution in [0.3, 0.4) is 0 Å². The molecule has 12 rings (SSSR count). The summed E-state index contributed by atoms with van der Waals surface area (Å²) < 4.78 is 19.7. The van der Waals surface area contributed by atoms with Crippen LogP contribution in [0.15, 0.2) is 189 Å². The number of rotatable bonds is 7. The maximum atomic E-state index is 6.65. The molecule has 0 bridgehead atoms. The Morgan fingerprint density at radius 1 is 0.288 bits per heavy atom. The zero-order valence-electron chi connectivity index (χ0n) is 31.3. The van der Waals surface area contributed by atoms with Gasteiger partial charge in [-0.25, -0.2) is 19.9 Å². The molecule has 0 amide bonds. The smallest absolute Gasteiger partial charge is 0.234 e. The molecule has 0 N–H and O–H groups in total. The Labute approximate surface area is 336 Å². The molecular weight excluding hydrogens is 731 g/mol. The summed E-state index contributed by atoms with van der Waals surface area (Å²) in [5.74, 6) is 5.04. The van der Waals surface area contributed by atoms with Crippen molar-refractivity contribution >= 4 is 65.4 Å². The van der Waals surface area contributed by atoms with Gasteiger partial charge in [0, 0.05) is 81.4 Å². The van der Waals surface area contributed by atoms with Crippen molar-refractivity contribution in [1.29, 1.82) is 0 Å². The molecule has 6 aromatic carbocycles. The molecule has 9 heteroatoms. The van der Waals surface area contributed by atoms with Gasteiger partial charge in [0.05, 0.1) is 33.1 Å². The summed E-state index contributed by atoms with van der Waals surface area (Å²) in [7, 11) is 0. The topological polar surface area (TPSA) is 84.8 Å². The molecule has 0 radical (unpaired) electrons. The minimum absolute atomic E-state index is 0.546. The molecular formula is C50H31N7O2. The SMILES string of the molecule is c1ccc(-n2c3ccccc3c3ccc(Oc4ccc5c6ccc(Oc7ccc8c9ccccc9n(-c9ccccn9)c8c7)cc6n(-c6ncccn6)c5c4)cc32)nc1. The summed E-state index contributed by atoms with van der Waals surface area (Å²) in [6.45, 7) is 0. The third-order valence-corrected chi connectivity index (χ3v) is 11.0. The van der Waals surface area contributed by atoms with Crippen LogP contribution in [0.2, 0.25) is 0 Å². The third kappa shape index (κ3) is 5.33. The second kappa shape index (κ2) is 13.1. The van der Waals surface area contributed by atoms with Gasteiger partial charge in [-0.2, -0.15) is 0 Å². The van der Waals surface area contributed by atoms with Crippen LogP contribution in [-0.2, 0) is 0 Å². The van der Waals surface area contributed by atoms with Crippen molar-refractivity contribution in [2.45, 2.75) is 0 Å². The summed E-state index contributed by atoms with van der Waals surface area (Å²) in [5, 5.41) is 6.65. The van der Waals surface area contributed by atoms with Gasteiger partial charge in [-0.15, -0.1) is 0 Å². The lowest BCUT2D eigenvalue weighted by atomic mass is 10.1. The molecule has 9 nitrogen and oxygen atoms in total. The van der Waals surface area contributed by atoms with E-state index in [1.807, 2.05) is 79.1 Å². The van der Waals surface area contributed by atoms with Gasteiger partial charge in [0.15, 0.2) is 0 Å². The summed E-state index contributed by atoms with van der Waals surface area (Å²) >= 11 is 0. The molecule has 12 aromatic rings. The highest BCUT2D eigenvalue weighted by Crippen LogP contribution is 2.40. The molecule has 0 saturated heterocycles. The van der Waals surface area contributed by atoms with Gasteiger partial charge in [0.25, 0.3) is 0 Å². The lowest BCUT2D eigenvalue weighted by Gasteiger charge is -2.10. The van der Waals surface area contributed by atoms with Crippen LogP contribution < -0.4 is 9.47 Å². The van der Waals surface area contributed by atoms with Gasteiger partial charge < -0.3 is 9.47 Å². The fourth-order valence-corrected chi connectivity index (χ4v) is 8.49. The van der Waals surface area contributed by atoms with E-state index in [4.69, 9.17) is 9.47 Å². The number of hydrogen-bond acceptors (Lipinski definition) is 6. The second-order valence-electron chi connectivity index (χ2n) is 14.4. The lowest BCUT2D eigenvalue weighted by Crippen LogP contribution is -2.00. The van der Waals surface area contributed by atoms with Crippen molar-refractivity contribution in [3.05, 3.63) is 189 Å². The van der Waals surface area contributed by atoms with Crippen molar-refractivity contribution in [3.63, 3.8) is 0 Å². The van der Waals surface area contributed by atoms with Crippen LogP contribution in [0.1, 0.15) is 0 Å². The molecule has 0 unspecified atom stereocenters. The number of pyridine rings is 2. The maximum Gasteiger partial charge on any atom is 0.234 e. The highest BCUT2D eigenvalue weighted by Gasteiger charge is 2.19. The third-order valence-electron chi connectivity index (χ3n) is 11.0. The lowest BCUT2D eigenvalue weighted by molar-refractivity contribution is 0.484. The van der Waals surface area contributed by atoms with Crippen LogP contribution in [0.25, 0.3) is 83.0 Å². The molecule has 278 valence electrons. The molecule has 6 aromatic heterocycles. The number of hydrogen-bond donors (Lipinski definition) is 0. The maximum absolute atomic E-state index is 6.65. The normalized spacial score (nSPS) is 11.7. The quantitative estimate of drug-likeness (QED) is 0.161. The first kappa shape index (κ1) is 32.9. The van der Waals surface area contributed by atoms with Crippen LogP contribution >= 0.6 is 0 Å². The first-order chi connectivity index (χ1) is 29.2. The van der Waals surface area contributed by atoms with Crippen LogP contribution in [0, 0.1) is 0 Å². The van der Waals surface area contributed by atoms with Crippen molar-refractivity contribution in [3.8, 4) is 40.6 Å². The van der Waals surface area contributed by atoms with Crippen molar-refractivity contribution in [1.82, 2.24) is 33.6 Å². The largest absolute Gasteiger partial charge is 0.457 e. The zero-order chi connectivity index (χ0) is 38.9. The number of ether oxygens (including phenoxy) is 2. The monoisotopic (exact) mass is 761 g/mol. The molecule has 6 heterocycles. The van der Waals surface area contributed by atoms with Gasteiger partial charge >= 0.3 is 0 Å². The number of aromatic nitrogens is 7. The Bertz CT molecular complexity index is 3340. The Balaban J connectivity index is 0.955. The molecule has 0 aliphatic rings. The summed E-state index contributed by atoms with van der Waals surface area (Å²) in [6, 6.07) is 55.3. The van der Waals surface area contributed by atoms with E-state index in [-0.39, 0.29) is 0 Å². The van der Waals surface area contributed by atoms with Crippen LogP contribution in [0.5, 0.6) is 23.0 Å². The van der Waals surface area contributed by atoms with Crippen molar-refractivity contribution in [2.24, 2.45) is 0 Å². The van der Waals surface area contributed by atoms with Crippen molar-refractivity contribution < 1.29 is 9.47 Å². The summed E-state index contributed by atoms with van der Waals surface area (Å²) in [4.78, 5) is 18.8. The van der Waals surface area contributed by atoms with Crippen LogP contribution in [0.4, 0.5) is 0 Å². The van der Waals surface area contributed by atoms with E-state index in [2.05, 4.69) is 131 Å². The van der Waals surface area contributed by atoms with E-state index in [0.29, 0.717) is 28.9 Å². The molecule has 59 heavy (non-hydrogen) atoms. The molecule has 0 fully saturated rings. The van der Waals surface area contributed by atoms with E-state index >= 15 is 0 Å². The average Bonchev–Trinajstić information content (AvgIpc) is 3.92. The Hall–Kier alpha value is -8.30. The van der Waals surface area contributed by atoms with E-state index in [1.165, 1.54) is 0 Å². The average molecular weight is 762 g/mol.